The number of rotatable bonds is 18. The molecule has 0 spiro atoms. The van der Waals surface area contributed by atoms with Crippen molar-refractivity contribution in [2.24, 2.45) is 0 Å². The standard InChI is InChI=1S/C35H54N2O3/c1-8-9-10-11-12-13-14-15-16-19-22-40-35(39)32(31-20-17-18-21-36-31)34(38)37-33-29(26(4)5)23-28(25(2)3)24-30(33)27(6)7/h17-18,20-21,23-27,32H,8-16,19,22H2,1-7H3,(H,37,38). The highest BCUT2D eigenvalue weighted by Crippen LogP contribution is 2.36. The molecule has 2 aromatic rings. The average Bonchev–Trinajstić information content (AvgIpc) is 2.92. The number of pyridine rings is 1. The number of amides is 1. The van der Waals surface area contributed by atoms with Crippen molar-refractivity contribution >= 4 is 17.6 Å². The third-order valence-corrected chi connectivity index (χ3v) is 7.60. The van der Waals surface area contributed by atoms with Crippen LogP contribution in [0.2, 0.25) is 0 Å². The molecule has 0 bridgehead atoms. The van der Waals surface area contributed by atoms with Gasteiger partial charge in [0, 0.05) is 11.9 Å². The summed E-state index contributed by atoms with van der Waals surface area (Å²) in [6.45, 7) is 15.5. The highest BCUT2D eigenvalue weighted by molar-refractivity contribution is 6.09. The van der Waals surface area contributed by atoms with Gasteiger partial charge in [-0.1, -0.05) is 124 Å². The van der Waals surface area contributed by atoms with E-state index in [1.54, 1.807) is 24.4 Å². The number of ether oxygens (including phenoxy) is 1. The molecule has 40 heavy (non-hydrogen) atoms. The van der Waals surface area contributed by atoms with Crippen LogP contribution >= 0.6 is 0 Å². The van der Waals surface area contributed by atoms with Gasteiger partial charge in [-0.05, 0) is 53.0 Å². The molecule has 1 unspecified atom stereocenters. The molecule has 0 aliphatic rings. The van der Waals surface area contributed by atoms with Crippen molar-refractivity contribution in [1.82, 2.24) is 4.98 Å². The molecule has 5 nitrogen and oxygen atoms in total. The van der Waals surface area contributed by atoms with Crippen molar-refractivity contribution in [2.45, 2.75) is 136 Å². The lowest BCUT2D eigenvalue weighted by molar-refractivity contribution is -0.148. The van der Waals surface area contributed by atoms with E-state index in [1.165, 1.54) is 50.5 Å². The Morgan fingerprint density at radius 2 is 1.32 bits per heavy atom. The molecule has 1 aromatic carbocycles. The number of nitrogens with zero attached hydrogens (tertiary/aromatic N) is 1. The Labute approximate surface area is 243 Å². The van der Waals surface area contributed by atoms with Gasteiger partial charge < -0.3 is 10.1 Å². The van der Waals surface area contributed by atoms with Crippen LogP contribution in [-0.4, -0.2) is 23.5 Å². The molecule has 1 heterocycles. The number of esters is 1. The summed E-state index contributed by atoms with van der Waals surface area (Å²) in [5.41, 5.74) is 4.64. The van der Waals surface area contributed by atoms with Crippen LogP contribution in [0.1, 0.15) is 159 Å². The van der Waals surface area contributed by atoms with Crippen molar-refractivity contribution in [1.29, 1.82) is 0 Å². The van der Waals surface area contributed by atoms with Gasteiger partial charge in [-0.2, -0.15) is 0 Å². The van der Waals surface area contributed by atoms with Crippen LogP contribution in [0, 0.1) is 0 Å². The van der Waals surface area contributed by atoms with Crippen LogP contribution in [0.3, 0.4) is 0 Å². The molecule has 0 aliphatic carbocycles. The SMILES string of the molecule is CCCCCCCCCCCCOC(=O)C(C(=O)Nc1c(C(C)C)cc(C(C)C)cc1C(C)C)c1ccccn1. The molecule has 1 amide bonds. The minimum atomic E-state index is -1.12. The van der Waals surface area contributed by atoms with Gasteiger partial charge in [0.1, 0.15) is 0 Å². The lowest BCUT2D eigenvalue weighted by Crippen LogP contribution is -2.31. The summed E-state index contributed by atoms with van der Waals surface area (Å²) in [6.07, 6.45) is 13.7. The molecule has 0 aliphatic heterocycles. The van der Waals surface area contributed by atoms with Gasteiger partial charge in [-0.25, -0.2) is 0 Å². The maximum Gasteiger partial charge on any atom is 0.324 e. The number of benzene rings is 1. The van der Waals surface area contributed by atoms with Gasteiger partial charge >= 0.3 is 5.97 Å². The summed E-state index contributed by atoms with van der Waals surface area (Å²) in [6, 6.07) is 9.69. The highest BCUT2D eigenvalue weighted by atomic mass is 16.5. The number of hydrogen-bond donors (Lipinski definition) is 1. The molecule has 5 heteroatoms. The zero-order chi connectivity index (χ0) is 29.5. The Hall–Kier alpha value is -2.69. The highest BCUT2D eigenvalue weighted by Gasteiger charge is 2.33. The first-order valence-electron chi connectivity index (χ1n) is 15.7. The van der Waals surface area contributed by atoms with Crippen LogP contribution in [0.25, 0.3) is 0 Å². The van der Waals surface area contributed by atoms with Crippen molar-refractivity contribution < 1.29 is 14.3 Å². The molecule has 1 N–H and O–H groups in total. The van der Waals surface area contributed by atoms with Crippen molar-refractivity contribution in [2.75, 3.05) is 11.9 Å². The first-order chi connectivity index (χ1) is 19.2. The Morgan fingerprint density at radius 3 is 1.80 bits per heavy atom. The van der Waals surface area contributed by atoms with Crippen LogP contribution < -0.4 is 5.32 Å². The van der Waals surface area contributed by atoms with Crippen molar-refractivity contribution in [3.8, 4) is 0 Å². The van der Waals surface area contributed by atoms with E-state index in [0.717, 1.165) is 36.1 Å². The van der Waals surface area contributed by atoms with Gasteiger partial charge in [0.15, 0.2) is 5.92 Å². The minimum absolute atomic E-state index is 0.211. The Balaban J connectivity index is 2.09. The molecule has 1 aromatic heterocycles. The second-order valence-corrected chi connectivity index (χ2v) is 12.1. The number of carbonyl (C=O) groups excluding carboxylic acids is 2. The molecule has 2 rings (SSSR count). The second-order valence-electron chi connectivity index (χ2n) is 12.1. The molecule has 0 saturated carbocycles. The quantitative estimate of drug-likeness (QED) is 0.114. The Morgan fingerprint density at radius 1 is 0.775 bits per heavy atom. The van der Waals surface area contributed by atoms with E-state index in [2.05, 4.69) is 70.9 Å². The zero-order valence-electron chi connectivity index (χ0n) is 26.2. The van der Waals surface area contributed by atoms with E-state index in [0.29, 0.717) is 18.2 Å². The fourth-order valence-electron chi connectivity index (χ4n) is 5.05. The monoisotopic (exact) mass is 550 g/mol. The van der Waals surface area contributed by atoms with Gasteiger partial charge in [0.2, 0.25) is 5.91 Å². The number of unbranched alkanes of at least 4 members (excludes halogenated alkanes) is 9. The summed E-state index contributed by atoms with van der Waals surface area (Å²) in [4.78, 5) is 31.4. The van der Waals surface area contributed by atoms with Gasteiger partial charge in [-0.15, -0.1) is 0 Å². The lowest BCUT2D eigenvalue weighted by atomic mass is 9.87. The van der Waals surface area contributed by atoms with Crippen molar-refractivity contribution in [3.63, 3.8) is 0 Å². The number of hydrogen-bond acceptors (Lipinski definition) is 4. The van der Waals surface area contributed by atoms with E-state index in [9.17, 15) is 9.59 Å². The number of aromatic nitrogens is 1. The summed E-state index contributed by atoms with van der Waals surface area (Å²) in [5, 5.41) is 3.15. The molecule has 222 valence electrons. The summed E-state index contributed by atoms with van der Waals surface area (Å²) >= 11 is 0. The smallest absolute Gasteiger partial charge is 0.324 e. The molecule has 0 fully saturated rings. The predicted octanol–water partition coefficient (Wildman–Crippen LogP) is 9.64. The predicted molar refractivity (Wildman–Crippen MR) is 167 cm³/mol. The number of carbonyl (C=O) groups is 2. The first-order valence-corrected chi connectivity index (χ1v) is 15.7. The Bertz CT molecular complexity index is 1000. The van der Waals surface area contributed by atoms with E-state index in [-0.39, 0.29) is 11.8 Å². The second kappa shape index (κ2) is 17.9. The average molecular weight is 551 g/mol. The third kappa shape index (κ3) is 10.7. The molecule has 0 radical (unpaired) electrons. The first kappa shape index (κ1) is 33.5. The van der Waals surface area contributed by atoms with Gasteiger partial charge in [-0.3, -0.25) is 14.6 Å². The minimum Gasteiger partial charge on any atom is -0.465 e. The maximum absolute atomic E-state index is 13.8. The van der Waals surface area contributed by atoms with Crippen LogP contribution in [0.4, 0.5) is 5.69 Å². The fraction of sp³-hybridized carbons (Fsp3) is 0.629. The summed E-state index contributed by atoms with van der Waals surface area (Å²) in [5.74, 6) is -1.25. The summed E-state index contributed by atoms with van der Waals surface area (Å²) < 4.78 is 5.66. The molecule has 1 atom stereocenters. The maximum atomic E-state index is 13.8. The van der Waals surface area contributed by atoms with E-state index in [4.69, 9.17) is 4.74 Å². The lowest BCUT2D eigenvalue weighted by Gasteiger charge is -2.24. The van der Waals surface area contributed by atoms with E-state index < -0.39 is 17.8 Å². The van der Waals surface area contributed by atoms with Gasteiger partial charge in [0.05, 0.1) is 12.3 Å². The molecular weight excluding hydrogens is 496 g/mol. The largest absolute Gasteiger partial charge is 0.465 e. The van der Waals surface area contributed by atoms with E-state index in [1.807, 2.05) is 0 Å². The van der Waals surface area contributed by atoms with Gasteiger partial charge in [0.25, 0.3) is 0 Å². The number of anilines is 1. The Kier molecular flexibility index (Phi) is 15.0. The topological polar surface area (TPSA) is 68.3 Å². The molecular formula is C35H54N2O3. The van der Waals surface area contributed by atoms with Crippen LogP contribution in [0.5, 0.6) is 0 Å². The summed E-state index contributed by atoms with van der Waals surface area (Å²) in [7, 11) is 0. The molecule has 0 saturated heterocycles. The van der Waals surface area contributed by atoms with E-state index >= 15 is 0 Å². The van der Waals surface area contributed by atoms with Crippen molar-refractivity contribution in [3.05, 3.63) is 58.9 Å². The van der Waals surface area contributed by atoms with Crippen LogP contribution in [0.15, 0.2) is 36.5 Å². The number of nitrogens with one attached hydrogen (secondary N) is 1. The fourth-order valence-corrected chi connectivity index (χ4v) is 5.05. The third-order valence-electron chi connectivity index (χ3n) is 7.60. The normalized spacial score (nSPS) is 12.2. The zero-order valence-corrected chi connectivity index (χ0v) is 26.2. The van der Waals surface area contributed by atoms with Crippen LogP contribution in [-0.2, 0) is 14.3 Å².